The zero-order valence-corrected chi connectivity index (χ0v) is 19.4. The van der Waals surface area contributed by atoms with Gasteiger partial charge in [0.25, 0.3) is 0 Å². The lowest BCUT2D eigenvalue weighted by molar-refractivity contribution is -0.116. The van der Waals surface area contributed by atoms with E-state index in [0.29, 0.717) is 22.5 Å². The van der Waals surface area contributed by atoms with Crippen LogP contribution in [0.3, 0.4) is 0 Å². The topological polar surface area (TPSA) is 88.9 Å². The first-order valence-electron chi connectivity index (χ1n) is 10.1. The van der Waals surface area contributed by atoms with Crippen molar-refractivity contribution in [2.75, 3.05) is 11.1 Å². The van der Waals surface area contributed by atoms with Gasteiger partial charge in [-0.2, -0.15) is 0 Å². The first kappa shape index (κ1) is 23.6. The summed E-state index contributed by atoms with van der Waals surface area (Å²) in [4.78, 5) is 24.5. The predicted molar refractivity (Wildman–Crippen MR) is 129 cm³/mol. The fourth-order valence-electron chi connectivity index (χ4n) is 2.90. The van der Waals surface area contributed by atoms with Crippen molar-refractivity contribution in [2.45, 2.75) is 32.1 Å². The molecule has 0 saturated heterocycles. The molecule has 0 bridgehead atoms. The molecular formula is C23H24ClN5O2S. The molecule has 0 aliphatic rings. The van der Waals surface area contributed by atoms with Crippen LogP contribution in [-0.2, 0) is 22.7 Å². The van der Waals surface area contributed by atoms with Gasteiger partial charge in [0.1, 0.15) is 0 Å². The number of aryl methyl sites for hydroxylation is 1. The van der Waals surface area contributed by atoms with Crippen LogP contribution in [0, 0.1) is 6.92 Å². The van der Waals surface area contributed by atoms with Crippen LogP contribution in [0.15, 0.2) is 59.8 Å². The predicted octanol–water partition coefficient (Wildman–Crippen LogP) is 4.32. The van der Waals surface area contributed by atoms with Crippen LogP contribution in [0.1, 0.15) is 23.9 Å². The van der Waals surface area contributed by atoms with Crippen molar-refractivity contribution in [1.82, 2.24) is 20.1 Å². The van der Waals surface area contributed by atoms with Gasteiger partial charge in [-0.3, -0.25) is 9.59 Å². The van der Waals surface area contributed by atoms with Gasteiger partial charge < -0.3 is 15.2 Å². The number of halogens is 1. The van der Waals surface area contributed by atoms with E-state index in [9.17, 15) is 9.59 Å². The van der Waals surface area contributed by atoms with Crippen LogP contribution >= 0.6 is 23.4 Å². The van der Waals surface area contributed by atoms with E-state index in [1.165, 1.54) is 17.8 Å². The van der Waals surface area contributed by atoms with Crippen molar-refractivity contribution < 1.29 is 9.59 Å². The van der Waals surface area contributed by atoms with E-state index in [4.69, 9.17) is 11.6 Å². The minimum absolute atomic E-state index is 0.116. The maximum atomic E-state index is 12.3. The number of rotatable bonds is 9. The van der Waals surface area contributed by atoms with Gasteiger partial charge in [0.05, 0.1) is 12.3 Å². The van der Waals surface area contributed by atoms with E-state index in [0.717, 1.165) is 16.8 Å². The Morgan fingerprint density at radius 3 is 2.62 bits per heavy atom. The molecule has 166 valence electrons. The summed E-state index contributed by atoms with van der Waals surface area (Å²) in [6.45, 7) is 4.75. The number of carbonyl (C=O) groups excluding carboxylic acids is 2. The number of carbonyl (C=O) groups is 2. The number of amides is 2. The average Bonchev–Trinajstić information content (AvgIpc) is 3.19. The summed E-state index contributed by atoms with van der Waals surface area (Å²) in [7, 11) is 0. The van der Waals surface area contributed by atoms with Gasteiger partial charge >= 0.3 is 0 Å². The second-order valence-corrected chi connectivity index (χ2v) is 8.22. The molecule has 7 nitrogen and oxygen atoms in total. The average molecular weight is 470 g/mol. The maximum absolute atomic E-state index is 12.3. The molecule has 0 aliphatic heterocycles. The van der Waals surface area contributed by atoms with Crippen LogP contribution < -0.4 is 10.6 Å². The first-order chi connectivity index (χ1) is 15.5. The molecule has 2 N–H and O–H groups in total. The standard InChI is InChI=1S/C23H24ClN5O2S/c1-3-29-20(14-25-21(30)13-12-17-9-5-6-10-18(17)24)27-28-23(29)32-15-22(31)26-19-11-7-4-8-16(19)2/h4-13H,3,14-15H2,1-2H3,(H,25,30)(H,26,31)/b13-12+. The molecule has 0 saturated carbocycles. The number of anilines is 1. The molecule has 1 heterocycles. The molecule has 3 rings (SSSR count). The number of para-hydroxylation sites is 1. The molecule has 1 aromatic heterocycles. The third-order valence-corrected chi connectivity index (χ3v) is 5.91. The van der Waals surface area contributed by atoms with Crippen LogP contribution in [0.4, 0.5) is 5.69 Å². The highest BCUT2D eigenvalue weighted by Crippen LogP contribution is 2.19. The fourth-order valence-corrected chi connectivity index (χ4v) is 3.92. The second-order valence-electron chi connectivity index (χ2n) is 6.87. The first-order valence-corrected chi connectivity index (χ1v) is 11.4. The van der Waals surface area contributed by atoms with Crippen LogP contribution in [0.2, 0.25) is 5.02 Å². The van der Waals surface area contributed by atoms with Crippen LogP contribution in [-0.4, -0.2) is 32.3 Å². The van der Waals surface area contributed by atoms with E-state index in [1.807, 2.05) is 60.9 Å². The Hall–Kier alpha value is -3.10. The maximum Gasteiger partial charge on any atom is 0.244 e. The molecule has 3 aromatic rings. The Morgan fingerprint density at radius 1 is 1.12 bits per heavy atom. The van der Waals surface area contributed by atoms with E-state index in [2.05, 4.69) is 20.8 Å². The number of aromatic nitrogens is 3. The van der Waals surface area contributed by atoms with Crippen LogP contribution in [0.25, 0.3) is 6.08 Å². The highest BCUT2D eigenvalue weighted by Gasteiger charge is 2.14. The highest BCUT2D eigenvalue weighted by molar-refractivity contribution is 7.99. The normalized spacial score (nSPS) is 11.0. The summed E-state index contributed by atoms with van der Waals surface area (Å²) in [6.07, 6.45) is 3.09. The number of benzene rings is 2. The van der Waals surface area contributed by atoms with Gasteiger partial charge in [-0.15, -0.1) is 10.2 Å². The summed E-state index contributed by atoms with van der Waals surface area (Å²) in [5, 5.41) is 15.3. The fraction of sp³-hybridized carbons (Fsp3) is 0.217. The smallest absolute Gasteiger partial charge is 0.244 e. The molecule has 0 unspecified atom stereocenters. The lowest BCUT2D eigenvalue weighted by Gasteiger charge is -2.09. The number of thioether (sulfide) groups is 1. The number of hydrogen-bond acceptors (Lipinski definition) is 5. The third-order valence-electron chi connectivity index (χ3n) is 4.60. The molecule has 0 atom stereocenters. The van der Waals surface area contributed by atoms with Crippen molar-refractivity contribution in [3.05, 3.63) is 76.6 Å². The monoisotopic (exact) mass is 469 g/mol. The minimum Gasteiger partial charge on any atom is -0.345 e. The largest absolute Gasteiger partial charge is 0.345 e. The Morgan fingerprint density at radius 2 is 1.88 bits per heavy atom. The van der Waals surface area contributed by atoms with Crippen molar-refractivity contribution in [2.24, 2.45) is 0 Å². The van der Waals surface area contributed by atoms with Crippen LogP contribution in [0.5, 0.6) is 0 Å². The SMILES string of the molecule is CCn1c(CNC(=O)/C=C/c2ccccc2Cl)nnc1SCC(=O)Nc1ccccc1C. The molecule has 0 fully saturated rings. The van der Waals surface area contributed by atoms with Crippen molar-refractivity contribution >= 4 is 46.9 Å². The summed E-state index contributed by atoms with van der Waals surface area (Å²) in [5.74, 6) is 0.449. The number of hydrogen-bond donors (Lipinski definition) is 2. The third kappa shape index (κ3) is 6.45. The van der Waals surface area contributed by atoms with Gasteiger partial charge in [0.2, 0.25) is 11.8 Å². The van der Waals surface area contributed by atoms with E-state index in [1.54, 1.807) is 12.1 Å². The van der Waals surface area contributed by atoms with Gasteiger partial charge in [-0.25, -0.2) is 0 Å². The Kier molecular flexibility index (Phi) is 8.47. The molecule has 2 amide bonds. The van der Waals surface area contributed by atoms with Crippen molar-refractivity contribution in [3.63, 3.8) is 0 Å². The van der Waals surface area contributed by atoms with Crippen molar-refractivity contribution in [3.8, 4) is 0 Å². The quantitative estimate of drug-likeness (QED) is 0.360. The summed E-state index contributed by atoms with van der Waals surface area (Å²) < 4.78 is 1.88. The van der Waals surface area contributed by atoms with Gasteiger partial charge in [0, 0.05) is 23.3 Å². The summed E-state index contributed by atoms with van der Waals surface area (Å²) in [5.41, 5.74) is 2.57. The van der Waals surface area contributed by atoms with E-state index in [-0.39, 0.29) is 24.1 Å². The second kappa shape index (κ2) is 11.5. The zero-order valence-electron chi connectivity index (χ0n) is 17.8. The Bertz CT molecular complexity index is 1130. The molecule has 32 heavy (non-hydrogen) atoms. The Labute approximate surface area is 196 Å². The lowest BCUT2D eigenvalue weighted by atomic mass is 10.2. The Balaban J connectivity index is 1.54. The molecule has 0 aliphatic carbocycles. The zero-order chi connectivity index (χ0) is 22.9. The number of nitrogens with one attached hydrogen (secondary N) is 2. The van der Waals surface area contributed by atoms with E-state index < -0.39 is 0 Å². The molecule has 9 heteroatoms. The summed E-state index contributed by atoms with van der Waals surface area (Å²) in [6, 6.07) is 14.9. The lowest BCUT2D eigenvalue weighted by Crippen LogP contribution is -2.22. The van der Waals surface area contributed by atoms with Crippen molar-refractivity contribution in [1.29, 1.82) is 0 Å². The molecule has 0 spiro atoms. The number of nitrogens with zero attached hydrogens (tertiary/aromatic N) is 3. The molecular weight excluding hydrogens is 446 g/mol. The summed E-state index contributed by atoms with van der Waals surface area (Å²) >= 11 is 7.40. The minimum atomic E-state index is -0.262. The molecule has 0 radical (unpaired) electrons. The van der Waals surface area contributed by atoms with Gasteiger partial charge in [0.15, 0.2) is 11.0 Å². The highest BCUT2D eigenvalue weighted by atomic mass is 35.5. The van der Waals surface area contributed by atoms with Gasteiger partial charge in [-0.1, -0.05) is 59.8 Å². The van der Waals surface area contributed by atoms with E-state index >= 15 is 0 Å². The van der Waals surface area contributed by atoms with Gasteiger partial charge in [-0.05, 0) is 43.2 Å². The molecule has 2 aromatic carbocycles.